The maximum absolute atomic E-state index is 12.3. The summed E-state index contributed by atoms with van der Waals surface area (Å²) in [6.07, 6.45) is 3.45. The van der Waals surface area contributed by atoms with Crippen molar-refractivity contribution in [2.45, 2.75) is 37.9 Å². The highest BCUT2D eigenvalue weighted by Crippen LogP contribution is 2.47. The molecule has 0 N–H and O–H groups in total. The van der Waals surface area contributed by atoms with Crippen molar-refractivity contribution in [1.29, 1.82) is 0 Å². The van der Waals surface area contributed by atoms with Crippen LogP contribution in [0.15, 0.2) is 18.2 Å². The molecule has 122 valence electrons. The van der Waals surface area contributed by atoms with E-state index in [9.17, 15) is 4.79 Å². The summed E-state index contributed by atoms with van der Waals surface area (Å²) in [6, 6.07) is 7.11. The Hall–Kier alpha value is -1.52. The van der Waals surface area contributed by atoms with E-state index in [0.29, 0.717) is 18.6 Å². The first-order chi connectivity index (χ1) is 11.0. The van der Waals surface area contributed by atoms with Gasteiger partial charge in [0.05, 0.1) is 0 Å². The Labute approximate surface area is 141 Å². The number of benzene rings is 1. The number of hydrogen-bond acceptors (Lipinski definition) is 2. The molecule has 2 aliphatic heterocycles. The zero-order valence-electron chi connectivity index (χ0n) is 13.8. The largest absolute Gasteiger partial charge is 0.347 e. The molecular formula is C18H22ClN3O. The Kier molecular flexibility index (Phi) is 3.43. The second kappa shape index (κ2) is 5.25. The number of carbonyl (C=O) groups excluding carboxylic acids is 1. The Morgan fingerprint density at radius 3 is 2.87 bits per heavy atom. The molecule has 0 radical (unpaired) electrons. The summed E-state index contributed by atoms with van der Waals surface area (Å²) in [5.74, 6) is 0.130. The van der Waals surface area contributed by atoms with Crippen molar-refractivity contribution < 1.29 is 4.79 Å². The highest BCUT2D eigenvalue weighted by atomic mass is 35.5. The zero-order chi connectivity index (χ0) is 16.3. The van der Waals surface area contributed by atoms with Gasteiger partial charge in [0.2, 0.25) is 5.91 Å². The van der Waals surface area contributed by atoms with E-state index in [2.05, 4.69) is 28.6 Å². The van der Waals surface area contributed by atoms with Crippen molar-refractivity contribution >= 4 is 28.4 Å². The monoisotopic (exact) mass is 331 g/mol. The van der Waals surface area contributed by atoms with Crippen LogP contribution in [0.5, 0.6) is 0 Å². The second-order valence-corrected chi connectivity index (χ2v) is 7.45. The van der Waals surface area contributed by atoms with E-state index in [4.69, 9.17) is 11.6 Å². The van der Waals surface area contributed by atoms with E-state index in [1.165, 1.54) is 29.5 Å². The van der Waals surface area contributed by atoms with Gasteiger partial charge in [-0.25, -0.2) is 0 Å². The van der Waals surface area contributed by atoms with Crippen LogP contribution in [0.2, 0.25) is 5.02 Å². The highest BCUT2D eigenvalue weighted by molar-refractivity contribution is 6.31. The second-order valence-electron chi connectivity index (χ2n) is 7.01. The van der Waals surface area contributed by atoms with Gasteiger partial charge in [-0.15, -0.1) is 0 Å². The zero-order valence-corrected chi connectivity index (χ0v) is 14.6. The van der Waals surface area contributed by atoms with Gasteiger partial charge in [0.15, 0.2) is 0 Å². The molecule has 1 aromatic heterocycles. The van der Waals surface area contributed by atoms with Crippen LogP contribution in [0.4, 0.5) is 0 Å². The summed E-state index contributed by atoms with van der Waals surface area (Å²) < 4.78 is 2.22. The van der Waals surface area contributed by atoms with Crippen molar-refractivity contribution in [2.75, 3.05) is 21.1 Å². The number of amides is 1. The summed E-state index contributed by atoms with van der Waals surface area (Å²) in [4.78, 5) is 16.5. The molecule has 3 heterocycles. The summed E-state index contributed by atoms with van der Waals surface area (Å²) in [6.45, 7) is 0.406. The molecule has 2 bridgehead atoms. The third kappa shape index (κ3) is 2.19. The predicted molar refractivity (Wildman–Crippen MR) is 92.9 cm³/mol. The van der Waals surface area contributed by atoms with Gasteiger partial charge >= 0.3 is 0 Å². The van der Waals surface area contributed by atoms with E-state index < -0.39 is 0 Å². The lowest BCUT2D eigenvalue weighted by Crippen LogP contribution is -2.35. The first-order valence-electron chi connectivity index (χ1n) is 8.20. The molecule has 0 aliphatic carbocycles. The molecule has 1 aromatic carbocycles. The fraction of sp³-hybridized carbons (Fsp3) is 0.500. The topological polar surface area (TPSA) is 28.5 Å². The quantitative estimate of drug-likeness (QED) is 0.846. The summed E-state index contributed by atoms with van der Waals surface area (Å²) in [5.41, 5.74) is 3.86. The molecule has 2 atom stereocenters. The smallest absolute Gasteiger partial charge is 0.242 e. The van der Waals surface area contributed by atoms with Gasteiger partial charge in [-0.1, -0.05) is 11.6 Å². The number of nitrogens with zero attached hydrogens (tertiary/aromatic N) is 3. The lowest BCUT2D eigenvalue weighted by molar-refractivity contribution is -0.129. The molecule has 4 rings (SSSR count). The molecule has 1 amide bonds. The number of likely N-dealkylation sites (N-methyl/N-ethyl adjacent to an activating group) is 2. The van der Waals surface area contributed by atoms with Crippen LogP contribution >= 0.6 is 11.6 Å². The molecule has 23 heavy (non-hydrogen) atoms. The van der Waals surface area contributed by atoms with Gasteiger partial charge in [0.25, 0.3) is 0 Å². The fourth-order valence-corrected chi connectivity index (χ4v) is 4.46. The Bertz CT molecular complexity index is 795. The first kappa shape index (κ1) is 15.0. The van der Waals surface area contributed by atoms with Gasteiger partial charge in [-0.2, -0.15) is 0 Å². The maximum atomic E-state index is 12.3. The van der Waals surface area contributed by atoms with Crippen LogP contribution < -0.4 is 0 Å². The Morgan fingerprint density at radius 1 is 1.35 bits per heavy atom. The van der Waals surface area contributed by atoms with Crippen LogP contribution in [-0.4, -0.2) is 47.5 Å². The number of hydrogen-bond donors (Lipinski definition) is 0. The average molecular weight is 332 g/mol. The highest BCUT2D eigenvalue weighted by Gasteiger charge is 2.40. The van der Waals surface area contributed by atoms with E-state index >= 15 is 0 Å². The molecule has 1 fully saturated rings. The molecular weight excluding hydrogens is 310 g/mol. The molecule has 5 heteroatoms. The molecule has 0 saturated carbocycles. The third-order valence-corrected chi connectivity index (χ3v) is 5.81. The number of carbonyl (C=O) groups is 1. The molecule has 4 nitrogen and oxygen atoms in total. The molecule has 2 aromatic rings. The third-order valence-electron chi connectivity index (χ3n) is 5.57. The van der Waals surface area contributed by atoms with E-state index in [1.807, 2.05) is 20.2 Å². The van der Waals surface area contributed by atoms with Gasteiger partial charge in [-0.05, 0) is 43.7 Å². The lowest BCUT2D eigenvalue weighted by atomic mass is 9.97. The van der Waals surface area contributed by atoms with Crippen molar-refractivity contribution in [3.8, 4) is 0 Å². The van der Waals surface area contributed by atoms with E-state index in [0.717, 1.165) is 17.0 Å². The van der Waals surface area contributed by atoms with Gasteiger partial charge in [0.1, 0.15) is 6.54 Å². The fourth-order valence-electron chi connectivity index (χ4n) is 4.28. The summed E-state index contributed by atoms with van der Waals surface area (Å²) >= 11 is 6.27. The van der Waals surface area contributed by atoms with Crippen LogP contribution in [-0.2, 0) is 17.8 Å². The van der Waals surface area contributed by atoms with Gasteiger partial charge in [0, 0.05) is 54.2 Å². The van der Waals surface area contributed by atoms with Crippen molar-refractivity contribution in [3.05, 3.63) is 34.5 Å². The van der Waals surface area contributed by atoms with Gasteiger partial charge < -0.3 is 9.47 Å². The Balaban J connectivity index is 1.93. The molecule has 2 unspecified atom stereocenters. The summed E-state index contributed by atoms with van der Waals surface area (Å²) in [7, 11) is 5.85. The van der Waals surface area contributed by atoms with Crippen molar-refractivity contribution in [3.63, 3.8) is 0 Å². The average Bonchev–Trinajstić information content (AvgIpc) is 2.91. The maximum Gasteiger partial charge on any atom is 0.242 e. The van der Waals surface area contributed by atoms with Crippen LogP contribution in [0.3, 0.4) is 0 Å². The minimum absolute atomic E-state index is 0.130. The number of aromatic nitrogens is 1. The predicted octanol–water partition coefficient (Wildman–Crippen LogP) is 3.07. The standard InChI is InChI=1S/C18H22ClN3O/c1-20(2)17(23)10-22-14-6-4-11(19)8-13(14)18-15-7-5-12(21(15)3)9-16(18)22/h4,6,8,12,15H,5,7,9-10H2,1-3H3. The number of halogens is 1. The van der Waals surface area contributed by atoms with Crippen molar-refractivity contribution in [2.24, 2.45) is 0 Å². The van der Waals surface area contributed by atoms with Crippen LogP contribution in [0.25, 0.3) is 10.9 Å². The van der Waals surface area contributed by atoms with Gasteiger partial charge in [-0.3, -0.25) is 9.69 Å². The van der Waals surface area contributed by atoms with Crippen LogP contribution in [0, 0.1) is 0 Å². The number of rotatable bonds is 2. The number of fused-ring (bicyclic) bond motifs is 6. The normalized spacial score (nSPS) is 23.3. The minimum atomic E-state index is 0.130. The minimum Gasteiger partial charge on any atom is -0.347 e. The SMILES string of the molecule is CN(C)C(=O)Cn1c2c(c3cc(Cl)ccc31)C1CCC(C2)N1C. The van der Waals surface area contributed by atoms with Crippen LogP contribution in [0.1, 0.15) is 30.1 Å². The van der Waals surface area contributed by atoms with E-state index in [1.54, 1.807) is 4.90 Å². The Morgan fingerprint density at radius 2 is 2.13 bits per heavy atom. The summed E-state index contributed by atoms with van der Waals surface area (Å²) in [5, 5.41) is 1.98. The molecule has 0 spiro atoms. The lowest BCUT2D eigenvalue weighted by Gasteiger charge is -2.32. The first-order valence-corrected chi connectivity index (χ1v) is 8.57. The van der Waals surface area contributed by atoms with E-state index in [-0.39, 0.29) is 5.91 Å². The molecule has 2 aliphatic rings. The molecule has 1 saturated heterocycles. The van der Waals surface area contributed by atoms with Crippen molar-refractivity contribution in [1.82, 2.24) is 14.4 Å².